The summed E-state index contributed by atoms with van der Waals surface area (Å²) < 4.78 is 0. The fourth-order valence-corrected chi connectivity index (χ4v) is 0.714. The van der Waals surface area contributed by atoms with Gasteiger partial charge in [-0.05, 0) is 18.9 Å². The maximum atomic E-state index is 9.45. The van der Waals surface area contributed by atoms with Crippen molar-refractivity contribution in [3.63, 3.8) is 0 Å². The molecule has 0 aliphatic rings. The summed E-state index contributed by atoms with van der Waals surface area (Å²) >= 11 is 0. The van der Waals surface area contributed by atoms with Crippen LogP contribution in [0.2, 0.25) is 0 Å². The van der Waals surface area contributed by atoms with Gasteiger partial charge in [-0.3, -0.25) is 0 Å². The molecule has 0 aromatic heterocycles. The van der Waals surface area contributed by atoms with Crippen LogP contribution in [0.4, 0.5) is 0 Å². The SMILES string of the molecule is CC(O)C(=O)O.CCc1ccccc1. The van der Waals surface area contributed by atoms with E-state index in [0.717, 1.165) is 6.42 Å². The van der Waals surface area contributed by atoms with Gasteiger partial charge >= 0.3 is 5.97 Å². The molecule has 3 nitrogen and oxygen atoms in total. The Bertz CT molecular complexity index is 254. The van der Waals surface area contributed by atoms with E-state index in [0.29, 0.717) is 0 Å². The molecule has 1 aromatic carbocycles. The van der Waals surface area contributed by atoms with Gasteiger partial charge in [-0.15, -0.1) is 0 Å². The molecule has 0 aliphatic heterocycles. The van der Waals surface area contributed by atoms with E-state index >= 15 is 0 Å². The van der Waals surface area contributed by atoms with Crippen molar-refractivity contribution in [2.24, 2.45) is 0 Å². The number of aliphatic carboxylic acids is 1. The lowest BCUT2D eigenvalue weighted by molar-refractivity contribution is -0.145. The zero-order valence-electron chi connectivity index (χ0n) is 8.47. The van der Waals surface area contributed by atoms with Crippen molar-refractivity contribution in [1.82, 2.24) is 0 Å². The molecule has 78 valence electrons. The lowest BCUT2D eigenvalue weighted by atomic mass is 10.2. The van der Waals surface area contributed by atoms with E-state index in [9.17, 15) is 4.79 Å². The first-order valence-corrected chi connectivity index (χ1v) is 4.52. The molecule has 0 aliphatic carbocycles. The quantitative estimate of drug-likeness (QED) is 0.757. The smallest absolute Gasteiger partial charge is 0.332 e. The second-order valence-electron chi connectivity index (χ2n) is 2.85. The summed E-state index contributed by atoms with van der Waals surface area (Å²) in [5.74, 6) is -1.19. The zero-order valence-corrected chi connectivity index (χ0v) is 8.47. The maximum absolute atomic E-state index is 9.45. The van der Waals surface area contributed by atoms with Crippen molar-refractivity contribution in [1.29, 1.82) is 0 Å². The third kappa shape index (κ3) is 6.20. The Labute approximate surface area is 84.0 Å². The molecule has 0 saturated heterocycles. The normalized spacial score (nSPS) is 11.1. The molecule has 0 radical (unpaired) electrons. The van der Waals surface area contributed by atoms with Crippen LogP contribution in [0.3, 0.4) is 0 Å². The van der Waals surface area contributed by atoms with Crippen LogP contribution in [0.1, 0.15) is 19.4 Å². The Morgan fingerprint density at radius 2 is 1.79 bits per heavy atom. The average Bonchev–Trinajstić information content (AvgIpc) is 2.20. The molecule has 3 heteroatoms. The van der Waals surface area contributed by atoms with Gasteiger partial charge in [0.2, 0.25) is 0 Å². The number of carboxylic acids is 1. The topological polar surface area (TPSA) is 57.5 Å². The van der Waals surface area contributed by atoms with Gasteiger partial charge in [-0.25, -0.2) is 4.79 Å². The van der Waals surface area contributed by atoms with Gasteiger partial charge < -0.3 is 10.2 Å². The molecule has 0 fully saturated rings. The molecule has 1 atom stereocenters. The minimum Gasteiger partial charge on any atom is -0.479 e. The highest BCUT2D eigenvalue weighted by Gasteiger charge is 2.01. The van der Waals surface area contributed by atoms with Gasteiger partial charge in [0, 0.05) is 0 Å². The summed E-state index contributed by atoms with van der Waals surface area (Å²) in [7, 11) is 0. The van der Waals surface area contributed by atoms with E-state index in [4.69, 9.17) is 10.2 Å². The van der Waals surface area contributed by atoms with Crippen LogP contribution in [0.25, 0.3) is 0 Å². The molecule has 0 saturated carbocycles. The summed E-state index contributed by atoms with van der Waals surface area (Å²) in [5.41, 5.74) is 1.41. The number of aliphatic hydroxyl groups is 1. The first-order chi connectivity index (χ1) is 6.57. The first kappa shape index (κ1) is 12.7. The summed E-state index contributed by atoms with van der Waals surface area (Å²) in [6, 6.07) is 10.5. The predicted molar refractivity (Wildman–Crippen MR) is 55.1 cm³/mol. The second kappa shape index (κ2) is 7.09. The third-order valence-corrected chi connectivity index (χ3v) is 1.61. The van der Waals surface area contributed by atoms with E-state index in [-0.39, 0.29) is 0 Å². The molecule has 1 rings (SSSR count). The van der Waals surface area contributed by atoms with Crippen molar-refractivity contribution in [3.8, 4) is 0 Å². The van der Waals surface area contributed by atoms with E-state index < -0.39 is 12.1 Å². The third-order valence-electron chi connectivity index (χ3n) is 1.61. The van der Waals surface area contributed by atoms with Crippen molar-refractivity contribution in [3.05, 3.63) is 35.9 Å². The number of carboxylic acid groups (broad SMARTS) is 1. The second-order valence-corrected chi connectivity index (χ2v) is 2.85. The van der Waals surface area contributed by atoms with Crippen molar-refractivity contribution >= 4 is 5.97 Å². The number of benzene rings is 1. The molecule has 0 heterocycles. The lowest BCUT2D eigenvalue weighted by Crippen LogP contribution is -2.13. The van der Waals surface area contributed by atoms with Crippen LogP contribution in [-0.4, -0.2) is 22.3 Å². The number of aliphatic hydroxyl groups excluding tert-OH is 1. The minimum atomic E-state index is -1.23. The zero-order chi connectivity index (χ0) is 11.0. The molecule has 1 unspecified atom stereocenters. The fourth-order valence-electron chi connectivity index (χ4n) is 0.714. The molecular formula is C11H16O3. The first-order valence-electron chi connectivity index (χ1n) is 4.52. The van der Waals surface area contributed by atoms with Gasteiger partial charge in [-0.1, -0.05) is 37.3 Å². The van der Waals surface area contributed by atoms with E-state index in [1.807, 2.05) is 6.07 Å². The van der Waals surface area contributed by atoms with Crippen LogP contribution in [0.5, 0.6) is 0 Å². The molecule has 0 bridgehead atoms. The van der Waals surface area contributed by atoms with Gasteiger partial charge in [0.1, 0.15) is 6.10 Å². The Morgan fingerprint density at radius 3 is 2.00 bits per heavy atom. The van der Waals surface area contributed by atoms with E-state index in [1.54, 1.807) is 0 Å². The van der Waals surface area contributed by atoms with Crippen molar-refractivity contribution in [2.75, 3.05) is 0 Å². The highest BCUT2D eigenvalue weighted by molar-refractivity contribution is 5.71. The largest absolute Gasteiger partial charge is 0.479 e. The predicted octanol–water partition coefficient (Wildman–Crippen LogP) is 1.70. The molecule has 14 heavy (non-hydrogen) atoms. The van der Waals surface area contributed by atoms with E-state index in [1.165, 1.54) is 12.5 Å². The van der Waals surface area contributed by atoms with Gasteiger partial charge in [0.15, 0.2) is 0 Å². The highest BCUT2D eigenvalue weighted by atomic mass is 16.4. The average molecular weight is 196 g/mol. The number of hydrogen-bond acceptors (Lipinski definition) is 2. The summed E-state index contributed by atoms with van der Waals surface area (Å²) in [4.78, 5) is 9.45. The van der Waals surface area contributed by atoms with Gasteiger partial charge in [-0.2, -0.15) is 0 Å². The summed E-state index contributed by atoms with van der Waals surface area (Å²) in [6.07, 6.45) is -0.0918. The lowest BCUT2D eigenvalue weighted by Gasteiger charge is -1.89. The molecular weight excluding hydrogens is 180 g/mol. The summed E-state index contributed by atoms with van der Waals surface area (Å²) in [6.45, 7) is 3.36. The number of rotatable bonds is 2. The van der Waals surface area contributed by atoms with Crippen LogP contribution < -0.4 is 0 Å². The van der Waals surface area contributed by atoms with Crippen molar-refractivity contribution < 1.29 is 15.0 Å². The minimum absolute atomic E-state index is 1.14. The van der Waals surface area contributed by atoms with Crippen molar-refractivity contribution in [2.45, 2.75) is 26.4 Å². The Hall–Kier alpha value is -1.35. The Morgan fingerprint density at radius 1 is 1.36 bits per heavy atom. The van der Waals surface area contributed by atoms with Crippen LogP contribution in [-0.2, 0) is 11.2 Å². The highest BCUT2D eigenvalue weighted by Crippen LogP contribution is 1.96. The maximum Gasteiger partial charge on any atom is 0.332 e. The number of carbonyl (C=O) groups is 1. The Balaban J connectivity index is 0.000000255. The van der Waals surface area contributed by atoms with Crippen LogP contribution in [0, 0.1) is 0 Å². The van der Waals surface area contributed by atoms with Gasteiger partial charge in [0.25, 0.3) is 0 Å². The standard InChI is InChI=1S/C8H10.C3H6O3/c1-2-8-6-4-3-5-7-8;1-2(4)3(5)6/h3-7H,2H2,1H3;2,4H,1H3,(H,5,6). The molecule has 2 N–H and O–H groups in total. The number of hydrogen-bond donors (Lipinski definition) is 2. The van der Waals surface area contributed by atoms with Gasteiger partial charge in [0.05, 0.1) is 0 Å². The number of aryl methyl sites for hydroxylation is 1. The molecule has 0 spiro atoms. The van der Waals surface area contributed by atoms with E-state index in [2.05, 4.69) is 31.2 Å². The van der Waals surface area contributed by atoms with Crippen LogP contribution in [0.15, 0.2) is 30.3 Å². The summed E-state index contributed by atoms with van der Waals surface area (Å²) in [5, 5.41) is 15.8. The monoisotopic (exact) mass is 196 g/mol. The van der Waals surface area contributed by atoms with Crippen LogP contribution >= 0.6 is 0 Å². The Kier molecular flexibility index (Phi) is 6.41. The molecule has 0 amide bonds. The fraction of sp³-hybridized carbons (Fsp3) is 0.364. The molecule has 1 aromatic rings.